The minimum absolute atomic E-state index is 0.00638. The van der Waals surface area contributed by atoms with Crippen LogP contribution in [0, 0.1) is 5.92 Å². The number of likely N-dealkylation sites (tertiary alicyclic amines) is 2. The van der Waals surface area contributed by atoms with E-state index in [1.807, 2.05) is 23.6 Å². The molecule has 9 heteroatoms. The summed E-state index contributed by atoms with van der Waals surface area (Å²) in [5.74, 6) is -0.0990. The Balaban J connectivity index is 1.47. The highest BCUT2D eigenvalue weighted by Crippen LogP contribution is 2.21. The Kier molecular flexibility index (Phi) is 7.94. The number of rotatable bonds is 7. The summed E-state index contributed by atoms with van der Waals surface area (Å²) in [4.78, 5) is 29.1. The zero-order valence-corrected chi connectivity index (χ0v) is 19.4. The Bertz CT molecular complexity index is 854. The van der Waals surface area contributed by atoms with Crippen molar-refractivity contribution in [1.82, 2.24) is 19.4 Å². The van der Waals surface area contributed by atoms with Crippen LogP contribution >= 0.6 is 0 Å². The Labute approximate surface area is 185 Å². The van der Waals surface area contributed by atoms with Gasteiger partial charge < -0.3 is 15.1 Å². The molecule has 2 heterocycles. The number of urea groups is 1. The molecule has 0 radical (unpaired) electrons. The molecule has 2 fully saturated rings. The van der Waals surface area contributed by atoms with Crippen LogP contribution < -0.4 is 5.32 Å². The monoisotopic (exact) mass is 450 g/mol. The molecule has 2 aliphatic rings. The van der Waals surface area contributed by atoms with Crippen LogP contribution in [0.3, 0.4) is 0 Å². The fraction of sp³-hybridized carbons (Fsp3) is 0.636. The van der Waals surface area contributed by atoms with Gasteiger partial charge in [0.25, 0.3) is 0 Å². The van der Waals surface area contributed by atoms with Crippen molar-refractivity contribution in [3.8, 4) is 0 Å². The third-order valence-electron chi connectivity index (χ3n) is 6.25. The SMILES string of the molecule is CCN(CC)S(=O)(=O)c1ccc(CNC(=O)C2CCN(C(=O)N3CCCC3)CC2)cc1. The Hall–Kier alpha value is -2.13. The third kappa shape index (κ3) is 5.57. The van der Waals surface area contributed by atoms with E-state index >= 15 is 0 Å². The zero-order valence-electron chi connectivity index (χ0n) is 18.5. The lowest BCUT2D eigenvalue weighted by Crippen LogP contribution is -2.47. The maximum absolute atomic E-state index is 12.6. The van der Waals surface area contributed by atoms with E-state index in [1.54, 1.807) is 24.3 Å². The van der Waals surface area contributed by atoms with Gasteiger partial charge in [-0.1, -0.05) is 26.0 Å². The first kappa shape index (κ1) is 23.5. The predicted molar refractivity (Wildman–Crippen MR) is 119 cm³/mol. The standard InChI is InChI=1S/C22H34N4O4S/c1-3-26(4-2)31(29,30)20-9-7-18(8-10-20)17-23-21(27)19-11-15-25(16-12-19)22(28)24-13-5-6-14-24/h7-10,19H,3-6,11-17H2,1-2H3,(H,23,27). The third-order valence-corrected chi connectivity index (χ3v) is 8.31. The van der Waals surface area contributed by atoms with Crippen molar-refractivity contribution >= 4 is 22.0 Å². The van der Waals surface area contributed by atoms with Gasteiger partial charge in [0.15, 0.2) is 0 Å². The van der Waals surface area contributed by atoms with Crippen molar-refractivity contribution in [3.05, 3.63) is 29.8 Å². The van der Waals surface area contributed by atoms with Crippen LogP contribution in [0.1, 0.15) is 45.1 Å². The second-order valence-electron chi connectivity index (χ2n) is 8.19. The van der Waals surface area contributed by atoms with E-state index in [2.05, 4.69) is 5.32 Å². The predicted octanol–water partition coefficient (Wildman–Crippen LogP) is 2.26. The van der Waals surface area contributed by atoms with Crippen LogP contribution in [0.15, 0.2) is 29.2 Å². The quantitative estimate of drug-likeness (QED) is 0.690. The van der Waals surface area contributed by atoms with Crippen molar-refractivity contribution in [2.24, 2.45) is 5.92 Å². The molecule has 0 atom stereocenters. The van der Waals surface area contributed by atoms with Crippen LogP contribution in [-0.4, -0.2) is 73.7 Å². The number of carbonyl (C=O) groups is 2. The lowest BCUT2D eigenvalue weighted by molar-refractivity contribution is -0.126. The molecule has 8 nitrogen and oxygen atoms in total. The maximum atomic E-state index is 12.6. The number of carbonyl (C=O) groups excluding carboxylic acids is 2. The van der Waals surface area contributed by atoms with Gasteiger partial charge in [-0.25, -0.2) is 13.2 Å². The van der Waals surface area contributed by atoms with Crippen LogP contribution in [0.5, 0.6) is 0 Å². The van der Waals surface area contributed by atoms with E-state index in [9.17, 15) is 18.0 Å². The number of benzene rings is 1. The molecule has 31 heavy (non-hydrogen) atoms. The van der Waals surface area contributed by atoms with E-state index in [4.69, 9.17) is 0 Å². The van der Waals surface area contributed by atoms with Gasteiger partial charge in [0.1, 0.15) is 0 Å². The van der Waals surface area contributed by atoms with Crippen LogP contribution in [0.2, 0.25) is 0 Å². The summed E-state index contributed by atoms with van der Waals surface area (Å²) in [6, 6.07) is 6.79. The van der Waals surface area contributed by atoms with Crippen LogP contribution in [-0.2, 0) is 21.4 Å². The number of piperidine rings is 1. The molecular formula is C22H34N4O4S. The summed E-state index contributed by atoms with van der Waals surface area (Å²) in [7, 11) is -3.47. The van der Waals surface area contributed by atoms with Gasteiger partial charge in [-0.2, -0.15) is 4.31 Å². The second kappa shape index (κ2) is 10.5. The Morgan fingerprint density at radius 3 is 2.06 bits per heavy atom. The number of hydrogen-bond acceptors (Lipinski definition) is 4. The van der Waals surface area contributed by atoms with E-state index < -0.39 is 10.0 Å². The van der Waals surface area contributed by atoms with Gasteiger partial charge in [-0.15, -0.1) is 0 Å². The first-order valence-corrected chi connectivity index (χ1v) is 12.7. The average molecular weight is 451 g/mol. The first-order chi connectivity index (χ1) is 14.9. The van der Waals surface area contributed by atoms with Crippen LogP contribution in [0.4, 0.5) is 4.79 Å². The van der Waals surface area contributed by atoms with Gasteiger partial charge >= 0.3 is 6.03 Å². The molecule has 3 rings (SSSR count). The fourth-order valence-corrected chi connectivity index (χ4v) is 5.72. The van der Waals surface area contributed by atoms with E-state index in [1.165, 1.54) is 4.31 Å². The summed E-state index contributed by atoms with van der Waals surface area (Å²) < 4.78 is 26.5. The molecule has 1 aromatic carbocycles. The molecule has 0 spiro atoms. The fourth-order valence-electron chi connectivity index (χ4n) is 4.27. The smallest absolute Gasteiger partial charge is 0.319 e. The van der Waals surface area contributed by atoms with Crippen molar-refractivity contribution in [3.63, 3.8) is 0 Å². The molecule has 172 valence electrons. The summed E-state index contributed by atoms with van der Waals surface area (Å²) in [5.41, 5.74) is 0.855. The Morgan fingerprint density at radius 2 is 1.52 bits per heavy atom. The first-order valence-electron chi connectivity index (χ1n) is 11.3. The summed E-state index contributed by atoms with van der Waals surface area (Å²) >= 11 is 0. The Morgan fingerprint density at radius 1 is 0.968 bits per heavy atom. The topological polar surface area (TPSA) is 90.0 Å². The molecule has 0 aliphatic carbocycles. The van der Waals surface area contributed by atoms with Gasteiger partial charge in [0.2, 0.25) is 15.9 Å². The number of hydrogen-bond donors (Lipinski definition) is 1. The zero-order chi connectivity index (χ0) is 22.4. The molecule has 0 saturated carbocycles. The van der Waals surface area contributed by atoms with Crippen molar-refractivity contribution in [2.75, 3.05) is 39.3 Å². The van der Waals surface area contributed by atoms with Crippen molar-refractivity contribution in [1.29, 1.82) is 0 Å². The number of nitrogens with one attached hydrogen (secondary N) is 1. The largest absolute Gasteiger partial charge is 0.352 e. The molecule has 2 aliphatic heterocycles. The van der Waals surface area contributed by atoms with Gasteiger partial charge in [0, 0.05) is 51.7 Å². The number of nitrogens with zero attached hydrogens (tertiary/aromatic N) is 3. The lowest BCUT2D eigenvalue weighted by Gasteiger charge is -2.34. The maximum Gasteiger partial charge on any atom is 0.319 e. The van der Waals surface area contributed by atoms with Crippen molar-refractivity contribution < 1.29 is 18.0 Å². The minimum Gasteiger partial charge on any atom is -0.352 e. The van der Waals surface area contributed by atoms with E-state index in [0.29, 0.717) is 45.6 Å². The van der Waals surface area contributed by atoms with Gasteiger partial charge in [0.05, 0.1) is 4.90 Å². The summed E-state index contributed by atoms with van der Waals surface area (Å²) in [6.07, 6.45) is 3.50. The van der Waals surface area contributed by atoms with Crippen molar-refractivity contribution in [2.45, 2.75) is 51.0 Å². The normalized spacial score (nSPS) is 17.9. The number of amides is 3. The molecule has 1 aromatic rings. The molecule has 2 saturated heterocycles. The molecule has 0 aromatic heterocycles. The highest BCUT2D eigenvalue weighted by atomic mass is 32.2. The molecule has 0 unspecified atom stereocenters. The average Bonchev–Trinajstić information content (AvgIpc) is 3.33. The molecule has 1 N–H and O–H groups in total. The summed E-state index contributed by atoms with van der Waals surface area (Å²) in [5, 5.41) is 2.96. The molecule has 0 bridgehead atoms. The van der Waals surface area contributed by atoms with E-state index in [-0.39, 0.29) is 22.8 Å². The van der Waals surface area contributed by atoms with Gasteiger partial charge in [-0.3, -0.25) is 4.79 Å². The lowest BCUT2D eigenvalue weighted by atomic mass is 9.96. The van der Waals surface area contributed by atoms with Gasteiger partial charge in [-0.05, 0) is 43.4 Å². The highest BCUT2D eigenvalue weighted by Gasteiger charge is 2.30. The highest BCUT2D eigenvalue weighted by molar-refractivity contribution is 7.89. The summed E-state index contributed by atoms with van der Waals surface area (Å²) in [6.45, 7) is 7.77. The molecule has 3 amide bonds. The number of sulfonamides is 1. The van der Waals surface area contributed by atoms with Crippen LogP contribution in [0.25, 0.3) is 0 Å². The van der Waals surface area contributed by atoms with E-state index in [0.717, 1.165) is 31.5 Å². The minimum atomic E-state index is -3.47. The molecular weight excluding hydrogens is 416 g/mol. The second-order valence-corrected chi connectivity index (χ2v) is 10.1.